The Morgan fingerprint density at radius 2 is 1.85 bits per heavy atom. The number of carbonyl (C=O) groups excluding carboxylic acids is 2. The van der Waals surface area contributed by atoms with Gasteiger partial charge in [-0.2, -0.15) is 0 Å². The van der Waals surface area contributed by atoms with Crippen LogP contribution in [0.1, 0.15) is 29.8 Å². The number of benzene rings is 2. The summed E-state index contributed by atoms with van der Waals surface area (Å²) in [5.41, 5.74) is 0.220. The lowest BCUT2D eigenvalue weighted by molar-refractivity contribution is -0.385. The minimum atomic E-state index is -0.971. The zero-order valence-corrected chi connectivity index (χ0v) is 15.7. The van der Waals surface area contributed by atoms with E-state index in [4.69, 9.17) is 16.3 Å². The number of rotatable bonds is 7. The van der Waals surface area contributed by atoms with E-state index < -0.39 is 29.1 Å². The molecule has 0 unspecified atom stereocenters. The van der Waals surface area contributed by atoms with Crippen molar-refractivity contribution in [1.82, 2.24) is 4.90 Å². The fourth-order valence-corrected chi connectivity index (χ4v) is 2.63. The molecule has 2 rings (SSSR count). The van der Waals surface area contributed by atoms with E-state index in [-0.39, 0.29) is 16.6 Å². The summed E-state index contributed by atoms with van der Waals surface area (Å²) in [6.45, 7) is 3.55. The summed E-state index contributed by atoms with van der Waals surface area (Å²) < 4.78 is 5.01. The Morgan fingerprint density at radius 3 is 2.44 bits per heavy atom. The molecule has 1 amide bonds. The number of amides is 1. The molecule has 7 nitrogen and oxygen atoms in total. The van der Waals surface area contributed by atoms with Crippen molar-refractivity contribution in [3.63, 3.8) is 0 Å². The SMILES string of the molecule is CC(C)N(Cc1ccccc1)C(=O)COC(=O)c1cc(Cl)ccc1[N+](=O)[O-]. The van der Waals surface area contributed by atoms with Crippen molar-refractivity contribution in [1.29, 1.82) is 0 Å². The number of hydrogen-bond acceptors (Lipinski definition) is 5. The van der Waals surface area contributed by atoms with Crippen molar-refractivity contribution in [2.45, 2.75) is 26.4 Å². The highest BCUT2D eigenvalue weighted by Gasteiger charge is 2.24. The van der Waals surface area contributed by atoms with Crippen LogP contribution in [0.25, 0.3) is 0 Å². The highest BCUT2D eigenvalue weighted by molar-refractivity contribution is 6.31. The molecule has 0 N–H and O–H groups in total. The van der Waals surface area contributed by atoms with Gasteiger partial charge in [0.25, 0.3) is 11.6 Å². The van der Waals surface area contributed by atoms with Gasteiger partial charge in [-0.05, 0) is 31.5 Å². The smallest absolute Gasteiger partial charge is 0.345 e. The number of esters is 1. The molecule has 0 radical (unpaired) electrons. The van der Waals surface area contributed by atoms with Gasteiger partial charge in [-0.15, -0.1) is 0 Å². The van der Waals surface area contributed by atoms with E-state index >= 15 is 0 Å². The van der Waals surface area contributed by atoms with Crippen LogP contribution in [0.3, 0.4) is 0 Å². The van der Waals surface area contributed by atoms with Gasteiger partial charge in [0.15, 0.2) is 6.61 Å². The quantitative estimate of drug-likeness (QED) is 0.407. The van der Waals surface area contributed by atoms with Gasteiger partial charge in [0.1, 0.15) is 5.56 Å². The summed E-state index contributed by atoms with van der Waals surface area (Å²) in [5, 5.41) is 11.2. The molecule has 142 valence electrons. The average molecular weight is 391 g/mol. The lowest BCUT2D eigenvalue weighted by atomic mass is 10.2. The first kappa shape index (κ1) is 20.4. The number of carbonyl (C=O) groups is 2. The first-order valence-electron chi connectivity index (χ1n) is 8.24. The predicted octanol–water partition coefficient (Wildman–Crippen LogP) is 3.84. The monoisotopic (exact) mass is 390 g/mol. The van der Waals surface area contributed by atoms with Crippen LogP contribution in [0, 0.1) is 10.1 Å². The van der Waals surface area contributed by atoms with E-state index in [2.05, 4.69) is 0 Å². The molecular weight excluding hydrogens is 372 g/mol. The molecule has 2 aromatic rings. The van der Waals surface area contributed by atoms with Crippen LogP contribution in [0.5, 0.6) is 0 Å². The first-order chi connectivity index (χ1) is 12.8. The van der Waals surface area contributed by atoms with Crippen LogP contribution >= 0.6 is 11.6 Å². The topological polar surface area (TPSA) is 89.8 Å². The number of nitro groups is 1. The van der Waals surface area contributed by atoms with Crippen molar-refractivity contribution >= 4 is 29.2 Å². The second kappa shape index (κ2) is 9.14. The van der Waals surface area contributed by atoms with Crippen molar-refractivity contribution in [2.24, 2.45) is 0 Å². The van der Waals surface area contributed by atoms with E-state index in [0.29, 0.717) is 6.54 Å². The number of hydrogen-bond donors (Lipinski definition) is 0. The van der Waals surface area contributed by atoms with Crippen molar-refractivity contribution in [3.8, 4) is 0 Å². The third-order valence-electron chi connectivity index (χ3n) is 3.84. The highest BCUT2D eigenvalue weighted by atomic mass is 35.5. The molecule has 0 fully saturated rings. The Bertz CT molecular complexity index is 839. The Balaban J connectivity index is 2.08. The molecule has 2 aromatic carbocycles. The van der Waals surface area contributed by atoms with Crippen molar-refractivity contribution < 1.29 is 19.2 Å². The lowest BCUT2D eigenvalue weighted by Gasteiger charge is -2.26. The molecule has 0 aliphatic heterocycles. The maximum absolute atomic E-state index is 12.5. The fourth-order valence-electron chi connectivity index (χ4n) is 2.46. The maximum atomic E-state index is 12.5. The van der Waals surface area contributed by atoms with Crippen LogP contribution in [-0.4, -0.2) is 34.3 Å². The normalized spacial score (nSPS) is 10.5. The van der Waals surface area contributed by atoms with Crippen LogP contribution in [0.15, 0.2) is 48.5 Å². The number of halogens is 1. The van der Waals surface area contributed by atoms with E-state index in [1.54, 1.807) is 4.90 Å². The van der Waals surface area contributed by atoms with Gasteiger partial charge < -0.3 is 9.64 Å². The average Bonchev–Trinajstić information content (AvgIpc) is 2.64. The lowest BCUT2D eigenvalue weighted by Crippen LogP contribution is -2.39. The third kappa shape index (κ3) is 5.52. The van der Waals surface area contributed by atoms with Crippen LogP contribution in [0.2, 0.25) is 5.02 Å². The molecule has 0 aliphatic rings. The van der Waals surface area contributed by atoms with Gasteiger partial charge in [0, 0.05) is 23.7 Å². The predicted molar refractivity (Wildman–Crippen MR) is 101 cm³/mol. The molecule has 0 heterocycles. The van der Waals surface area contributed by atoms with Gasteiger partial charge in [0.05, 0.1) is 4.92 Å². The molecule has 0 spiro atoms. The minimum absolute atomic E-state index is 0.114. The summed E-state index contributed by atoms with van der Waals surface area (Å²) in [6, 6.07) is 12.9. The molecule has 0 atom stereocenters. The molecule has 27 heavy (non-hydrogen) atoms. The van der Waals surface area contributed by atoms with Gasteiger partial charge in [-0.3, -0.25) is 14.9 Å². The van der Waals surface area contributed by atoms with Gasteiger partial charge in [-0.25, -0.2) is 4.79 Å². The van der Waals surface area contributed by atoms with Gasteiger partial charge in [0.2, 0.25) is 0 Å². The molecule has 0 saturated carbocycles. The van der Waals surface area contributed by atoms with Crippen LogP contribution in [0.4, 0.5) is 5.69 Å². The Labute approximate surface area is 161 Å². The van der Waals surface area contributed by atoms with E-state index in [1.165, 1.54) is 6.07 Å². The summed E-state index contributed by atoms with van der Waals surface area (Å²) in [7, 11) is 0. The Kier molecular flexibility index (Phi) is 6.90. The number of nitro benzene ring substituents is 1. The molecule has 0 aromatic heterocycles. The van der Waals surface area contributed by atoms with Crippen molar-refractivity contribution in [2.75, 3.05) is 6.61 Å². The largest absolute Gasteiger partial charge is 0.452 e. The third-order valence-corrected chi connectivity index (χ3v) is 4.08. The molecule has 0 bridgehead atoms. The summed E-state index contributed by atoms with van der Waals surface area (Å²) in [4.78, 5) is 36.6. The first-order valence-corrected chi connectivity index (χ1v) is 8.62. The van der Waals surface area contributed by atoms with E-state index in [0.717, 1.165) is 17.7 Å². The second-order valence-electron chi connectivity index (χ2n) is 6.10. The highest BCUT2D eigenvalue weighted by Crippen LogP contribution is 2.23. The number of nitrogens with zero attached hydrogens (tertiary/aromatic N) is 2. The summed E-state index contributed by atoms with van der Waals surface area (Å²) in [6.07, 6.45) is 0. The summed E-state index contributed by atoms with van der Waals surface area (Å²) in [5.74, 6) is -1.37. The maximum Gasteiger partial charge on any atom is 0.345 e. The van der Waals surface area contributed by atoms with E-state index in [1.807, 2.05) is 44.2 Å². The zero-order valence-electron chi connectivity index (χ0n) is 14.9. The minimum Gasteiger partial charge on any atom is -0.452 e. The Hall–Kier alpha value is -2.93. The van der Waals surface area contributed by atoms with Gasteiger partial charge in [-0.1, -0.05) is 41.9 Å². The van der Waals surface area contributed by atoms with Crippen molar-refractivity contribution in [3.05, 3.63) is 74.8 Å². The Morgan fingerprint density at radius 1 is 1.19 bits per heavy atom. The molecule has 0 saturated heterocycles. The van der Waals surface area contributed by atoms with E-state index in [9.17, 15) is 19.7 Å². The molecule has 8 heteroatoms. The molecule has 0 aliphatic carbocycles. The second-order valence-corrected chi connectivity index (χ2v) is 6.53. The standard InChI is InChI=1S/C19H19ClN2O5/c1-13(2)21(11-14-6-4-3-5-7-14)18(23)12-27-19(24)16-10-15(20)8-9-17(16)22(25)26/h3-10,13H,11-12H2,1-2H3. The zero-order chi connectivity index (χ0) is 20.0. The fraction of sp³-hybridized carbons (Fsp3) is 0.263. The molecular formula is C19H19ClN2O5. The number of ether oxygens (including phenoxy) is 1. The van der Waals surface area contributed by atoms with Crippen LogP contribution < -0.4 is 0 Å². The van der Waals surface area contributed by atoms with Crippen LogP contribution in [-0.2, 0) is 16.1 Å². The summed E-state index contributed by atoms with van der Waals surface area (Å²) >= 11 is 5.81. The van der Waals surface area contributed by atoms with Gasteiger partial charge >= 0.3 is 5.97 Å².